The molecule has 0 unspecified atom stereocenters. The highest BCUT2D eigenvalue weighted by molar-refractivity contribution is 5.90. The summed E-state index contributed by atoms with van der Waals surface area (Å²) in [5, 5.41) is 6.57. The molecule has 2 aromatic heterocycles. The highest BCUT2D eigenvalue weighted by atomic mass is 19.1. The average molecular weight is 420 g/mol. The van der Waals surface area contributed by atoms with E-state index in [1.54, 1.807) is 30.3 Å². The first-order valence-electron chi connectivity index (χ1n) is 9.27. The van der Waals surface area contributed by atoms with E-state index in [0.717, 1.165) is 0 Å². The van der Waals surface area contributed by atoms with Crippen molar-refractivity contribution in [2.24, 2.45) is 0 Å². The van der Waals surface area contributed by atoms with Gasteiger partial charge in [0.2, 0.25) is 11.7 Å². The van der Waals surface area contributed by atoms with Gasteiger partial charge in [-0.3, -0.25) is 9.59 Å². The van der Waals surface area contributed by atoms with E-state index in [1.807, 2.05) is 0 Å². The summed E-state index contributed by atoms with van der Waals surface area (Å²) in [4.78, 5) is 29.5. The molecule has 8 nitrogen and oxygen atoms in total. The molecule has 2 aromatic carbocycles. The van der Waals surface area contributed by atoms with Gasteiger partial charge in [0.05, 0.1) is 7.11 Å². The molecule has 31 heavy (non-hydrogen) atoms. The third kappa shape index (κ3) is 4.50. The number of nitrogens with one attached hydrogen (secondary N) is 1. The van der Waals surface area contributed by atoms with E-state index in [2.05, 4.69) is 15.5 Å². The summed E-state index contributed by atoms with van der Waals surface area (Å²) in [5.74, 6) is 0.0634. The van der Waals surface area contributed by atoms with Crippen LogP contribution < -0.4 is 15.6 Å². The van der Waals surface area contributed by atoms with Gasteiger partial charge in [0.15, 0.2) is 0 Å². The number of amides is 1. The maximum Gasteiger partial charge on any atom is 0.263 e. The minimum absolute atomic E-state index is 0.00637. The van der Waals surface area contributed by atoms with Crippen molar-refractivity contribution in [3.8, 4) is 28.6 Å². The van der Waals surface area contributed by atoms with E-state index in [0.29, 0.717) is 17.0 Å². The fourth-order valence-electron chi connectivity index (χ4n) is 2.93. The monoisotopic (exact) mass is 420 g/mol. The van der Waals surface area contributed by atoms with Crippen molar-refractivity contribution in [2.75, 3.05) is 12.4 Å². The molecule has 156 valence electrons. The number of hydrogen-bond acceptors (Lipinski definition) is 6. The van der Waals surface area contributed by atoms with Crippen LogP contribution >= 0.6 is 0 Å². The summed E-state index contributed by atoms with van der Waals surface area (Å²) in [6.07, 6.45) is 1.49. The number of methoxy groups -OCH3 is 1. The summed E-state index contributed by atoms with van der Waals surface area (Å²) in [7, 11) is 1.53. The minimum Gasteiger partial charge on any atom is -0.497 e. The molecule has 2 heterocycles. The Morgan fingerprint density at radius 2 is 1.97 bits per heavy atom. The molecule has 0 aliphatic carbocycles. The number of anilines is 1. The van der Waals surface area contributed by atoms with Crippen molar-refractivity contribution in [1.82, 2.24) is 14.7 Å². The van der Waals surface area contributed by atoms with Gasteiger partial charge in [-0.25, -0.2) is 4.39 Å². The Bertz CT molecular complexity index is 1280. The molecule has 0 atom stereocenters. The Labute approximate surface area is 175 Å². The average Bonchev–Trinajstić information content (AvgIpc) is 3.26. The van der Waals surface area contributed by atoms with Gasteiger partial charge in [0.1, 0.15) is 23.7 Å². The molecule has 1 amide bonds. The number of ether oxygens (including phenoxy) is 1. The quantitative estimate of drug-likeness (QED) is 0.514. The number of rotatable bonds is 6. The molecule has 0 bridgehead atoms. The Morgan fingerprint density at radius 3 is 2.74 bits per heavy atom. The van der Waals surface area contributed by atoms with Crippen LogP contribution in [0.5, 0.6) is 5.75 Å². The zero-order valence-corrected chi connectivity index (χ0v) is 16.4. The molecular formula is C22H17FN4O4. The number of aromatic nitrogens is 3. The number of nitrogens with zero attached hydrogens (tertiary/aromatic N) is 3. The lowest BCUT2D eigenvalue weighted by Crippen LogP contribution is -2.28. The number of benzene rings is 2. The first kappa shape index (κ1) is 20.0. The van der Waals surface area contributed by atoms with E-state index in [-0.39, 0.29) is 35.5 Å². The van der Waals surface area contributed by atoms with Crippen LogP contribution in [0.2, 0.25) is 0 Å². The number of carbonyl (C=O) groups excluding carboxylic acids is 1. The zero-order valence-electron chi connectivity index (χ0n) is 16.4. The van der Waals surface area contributed by atoms with E-state index in [4.69, 9.17) is 9.26 Å². The van der Waals surface area contributed by atoms with E-state index < -0.39 is 5.56 Å². The summed E-state index contributed by atoms with van der Waals surface area (Å²) < 4.78 is 24.7. The van der Waals surface area contributed by atoms with Crippen molar-refractivity contribution >= 4 is 11.6 Å². The lowest BCUT2D eigenvalue weighted by molar-refractivity contribution is -0.116. The lowest BCUT2D eigenvalue weighted by Gasteiger charge is -2.09. The van der Waals surface area contributed by atoms with E-state index in [9.17, 15) is 14.0 Å². The van der Waals surface area contributed by atoms with Crippen LogP contribution in [0.15, 0.2) is 76.2 Å². The molecule has 0 spiro atoms. The zero-order chi connectivity index (χ0) is 21.8. The Balaban J connectivity index is 1.54. The smallest absolute Gasteiger partial charge is 0.263 e. The van der Waals surface area contributed by atoms with Crippen molar-refractivity contribution in [3.63, 3.8) is 0 Å². The molecular weight excluding hydrogens is 403 g/mol. The van der Waals surface area contributed by atoms with Crippen LogP contribution in [0, 0.1) is 5.82 Å². The Kier molecular flexibility index (Phi) is 5.57. The molecule has 0 aliphatic rings. The summed E-state index contributed by atoms with van der Waals surface area (Å²) in [5.41, 5.74) is 0.787. The second-order valence-electron chi connectivity index (χ2n) is 6.57. The molecule has 0 radical (unpaired) electrons. The van der Waals surface area contributed by atoms with Gasteiger partial charge in [-0.05, 0) is 48.5 Å². The SMILES string of the molecule is COc1cccc(NC(=O)Cn2cccc(-c3nc(-c4ccc(F)cc4)no3)c2=O)c1. The molecule has 4 aromatic rings. The van der Waals surface area contributed by atoms with Gasteiger partial charge in [-0.2, -0.15) is 4.98 Å². The van der Waals surface area contributed by atoms with Gasteiger partial charge < -0.3 is 19.1 Å². The third-order valence-corrected chi connectivity index (χ3v) is 4.45. The molecule has 4 rings (SSSR count). The predicted octanol–water partition coefficient (Wildman–Crippen LogP) is 3.35. The van der Waals surface area contributed by atoms with Crippen LogP contribution in [-0.4, -0.2) is 27.7 Å². The first-order chi connectivity index (χ1) is 15.0. The highest BCUT2D eigenvalue weighted by Gasteiger charge is 2.16. The lowest BCUT2D eigenvalue weighted by atomic mass is 10.2. The van der Waals surface area contributed by atoms with Crippen molar-refractivity contribution in [3.05, 3.63) is 83.0 Å². The van der Waals surface area contributed by atoms with Gasteiger partial charge >= 0.3 is 0 Å². The van der Waals surface area contributed by atoms with Crippen LogP contribution in [0.1, 0.15) is 0 Å². The van der Waals surface area contributed by atoms with Crippen molar-refractivity contribution in [2.45, 2.75) is 6.54 Å². The van der Waals surface area contributed by atoms with Crippen LogP contribution in [0.3, 0.4) is 0 Å². The number of hydrogen-bond donors (Lipinski definition) is 1. The molecule has 0 aliphatic heterocycles. The fourth-order valence-corrected chi connectivity index (χ4v) is 2.93. The molecule has 0 fully saturated rings. The second kappa shape index (κ2) is 8.62. The number of halogens is 1. The van der Waals surface area contributed by atoms with Crippen LogP contribution in [-0.2, 0) is 11.3 Å². The molecule has 9 heteroatoms. The first-order valence-corrected chi connectivity index (χ1v) is 9.27. The van der Waals surface area contributed by atoms with Crippen LogP contribution in [0.25, 0.3) is 22.8 Å². The van der Waals surface area contributed by atoms with Crippen molar-refractivity contribution in [1.29, 1.82) is 0 Å². The summed E-state index contributed by atoms with van der Waals surface area (Å²) in [6.45, 7) is -0.206. The van der Waals surface area contributed by atoms with Gasteiger partial charge in [-0.15, -0.1) is 0 Å². The maximum absolute atomic E-state index is 13.1. The number of pyridine rings is 1. The Morgan fingerprint density at radius 1 is 1.16 bits per heavy atom. The Hall–Kier alpha value is -4.27. The van der Waals surface area contributed by atoms with Gasteiger partial charge in [0.25, 0.3) is 11.4 Å². The third-order valence-electron chi connectivity index (χ3n) is 4.45. The topological polar surface area (TPSA) is 99.2 Å². The largest absolute Gasteiger partial charge is 0.497 e. The molecule has 0 saturated carbocycles. The van der Waals surface area contributed by atoms with E-state index >= 15 is 0 Å². The molecule has 1 N–H and O–H groups in total. The summed E-state index contributed by atoms with van der Waals surface area (Å²) >= 11 is 0. The summed E-state index contributed by atoms with van der Waals surface area (Å²) in [6, 6.07) is 15.6. The van der Waals surface area contributed by atoms with E-state index in [1.165, 1.54) is 48.2 Å². The van der Waals surface area contributed by atoms with Crippen molar-refractivity contribution < 1.29 is 18.4 Å². The maximum atomic E-state index is 13.1. The predicted molar refractivity (Wildman–Crippen MR) is 111 cm³/mol. The fraction of sp³-hybridized carbons (Fsp3) is 0.0909. The second-order valence-corrected chi connectivity index (χ2v) is 6.57. The minimum atomic E-state index is -0.461. The highest BCUT2D eigenvalue weighted by Crippen LogP contribution is 2.20. The van der Waals surface area contributed by atoms with Crippen LogP contribution in [0.4, 0.5) is 10.1 Å². The normalized spacial score (nSPS) is 10.6. The standard InChI is InChI=1S/C22H17FN4O4/c1-30-17-5-2-4-16(12-17)24-19(28)13-27-11-3-6-18(22(27)29)21-25-20(26-31-21)14-7-9-15(23)10-8-14/h2-12H,13H2,1H3,(H,24,28). The van der Waals surface area contributed by atoms with Gasteiger partial charge in [0, 0.05) is 23.5 Å². The van der Waals surface area contributed by atoms with Gasteiger partial charge in [-0.1, -0.05) is 11.2 Å². The molecule has 0 saturated heterocycles. The number of carbonyl (C=O) groups is 1.